The summed E-state index contributed by atoms with van der Waals surface area (Å²) in [5, 5.41) is 3.68. The van der Waals surface area contributed by atoms with E-state index in [0.29, 0.717) is 6.04 Å². The van der Waals surface area contributed by atoms with Crippen molar-refractivity contribution in [2.24, 2.45) is 0 Å². The minimum absolute atomic E-state index is 0.147. The maximum atomic E-state index is 3.68. The monoisotopic (exact) mass is 309 g/mol. The molecule has 0 aliphatic carbocycles. The number of rotatable bonds is 3. The van der Waals surface area contributed by atoms with Crippen molar-refractivity contribution in [3.63, 3.8) is 0 Å². The summed E-state index contributed by atoms with van der Waals surface area (Å²) in [7, 11) is 0. The fourth-order valence-corrected chi connectivity index (χ4v) is 2.65. The van der Waals surface area contributed by atoms with E-state index in [1.165, 1.54) is 22.4 Å². The van der Waals surface area contributed by atoms with Gasteiger partial charge in [-0.1, -0.05) is 77.9 Å². The molecule has 23 heavy (non-hydrogen) atoms. The first-order chi connectivity index (χ1) is 10.6. The standard InChI is InChI=1S/C22H31N/c1-16(17-11-9-8-10-12-17)23-20-14-18(21(2,3)4)13-19(15-20)22(5,6)7/h8-16,23H,1-7H3/t16-/m0/s1. The molecule has 2 rings (SSSR count). The van der Waals surface area contributed by atoms with Gasteiger partial charge in [0.2, 0.25) is 0 Å². The molecule has 0 saturated heterocycles. The summed E-state index contributed by atoms with van der Waals surface area (Å²) in [5.41, 5.74) is 5.58. The molecule has 0 aliphatic rings. The van der Waals surface area contributed by atoms with Crippen LogP contribution in [-0.2, 0) is 10.8 Å². The highest BCUT2D eigenvalue weighted by atomic mass is 14.9. The largest absolute Gasteiger partial charge is 0.379 e. The molecule has 0 aliphatic heterocycles. The zero-order chi connectivity index (χ0) is 17.3. The second kappa shape index (κ2) is 6.39. The lowest BCUT2D eigenvalue weighted by atomic mass is 9.80. The summed E-state index contributed by atoms with van der Waals surface area (Å²) < 4.78 is 0. The average Bonchev–Trinajstić information content (AvgIpc) is 2.46. The zero-order valence-electron chi connectivity index (χ0n) is 15.7. The highest BCUT2D eigenvalue weighted by Gasteiger charge is 2.21. The van der Waals surface area contributed by atoms with Crippen LogP contribution in [0.1, 0.15) is 71.2 Å². The summed E-state index contributed by atoms with van der Waals surface area (Å²) in [5.74, 6) is 0. The molecular formula is C22H31N. The fraction of sp³-hybridized carbons (Fsp3) is 0.455. The number of hydrogen-bond donors (Lipinski definition) is 1. The Balaban J connectivity index is 2.38. The van der Waals surface area contributed by atoms with Crippen molar-refractivity contribution < 1.29 is 0 Å². The van der Waals surface area contributed by atoms with Gasteiger partial charge in [-0.3, -0.25) is 0 Å². The molecule has 124 valence electrons. The summed E-state index contributed by atoms with van der Waals surface area (Å²) in [6.45, 7) is 15.9. The van der Waals surface area contributed by atoms with E-state index in [-0.39, 0.29) is 10.8 Å². The van der Waals surface area contributed by atoms with Crippen LogP contribution < -0.4 is 5.32 Å². The summed E-state index contributed by atoms with van der Waals surface area (Å²) in [6, 6.07) is 17.9. The fourth-order valence-electron chi connectivity index (χ4n) is 2.65. The van der Waals surface area contributed by atoms with Gasteiger partial charge in [0.05, 0.1) is 0 Å². The zero-order valence-corrected chi connectivity index (χ0v) is 15.7. The van der Waals surface area contributed by atoms with E-state index >= 15 is 0 Å². The first-order valence-corrected chi connectivity index (χ1v) is 8.55. The van der Waals surface area contributed by atoms with Crippen LogP contribution in [0.15, 0.2) is 48.5 Å². The number of anilines is 1. The van der Waals surface area contributed by atoms with E-state index in [9.17, 15) is 0 Å². The summed E-state index contributed by atoms with van der Waals surface area (Å²) >= 11 is 0. The van der Waals surface area contributed by atoms with E-state index in [1.807, 2.05) is 0 Å². The van der Waals surface area contributed by atoms with Gasteiger partial charge in [0, 0.05) is 11.7 Å². The molecule has 0 radical (unpaired) electrons. The van der Waals surface area contributed by atoms with Crippen LogP contribution in [0.25, 0.3) is 0 Å². The molecule has 1 heteroatoms. The van der Waals surface area contributed by atoms with E-state index in [0.717, 1.165) is 0 Å². The molecule has 0 heterocycles. The Bertz CT molecular complexity index is 610. The molecule has 0 bridgehead atoms. The van der Waals surface area contributed by atoms with Crippen molar-refractivity contribution in [3.8, 4) is 0 Å². The van der Waals surface area contributed by atoms with Crippen molar-refractivity contribution >= 4 is 5.69 Å². The van der Waals surface area contributed by atoms with Gasteiger partial charge in [0.25, 0.3) is 0 Å². The molecule has 0 saturated carbocycles. The van der Waals surface area contributed by atoms with Crippen molar-refractivity contribution in [3.05, 3.63) is 65.2 Å². The molecule has 1 atom stereocenters. The number of benzene rings is 2. The number of hydrogen-bond acceptors (Lipinski definition) is 1. The van der Waals surface area contributed by atoms with Gasteiger partial charge in [-0.05, 0) is 46.6 Å². The quantitative estimate of drug-likeness (QED) is 0.686. The van der Waals surface area contributed by atoms with E-state index in [4.69, 9.17) is 0 Å². The lowest BCUT2D eigenvalue weighted by Crippen LogP contribution is -2.17. The Hall–Kier alpha value is -1.76. The van der Waals surface area contributed by atoms with Crippen LogP contribution in [-0.4, -0.2) is 0 Å². The van der Waals surface area contributed by atoms with Crippen LogP contribution in [0.2, 0.25) is 0 Å². The van der Waals surface area contributed by atoms with Gasteiger partial charge in [0.1, 0.15) is 0 Å². The summed E-state index contributed by atoms with van der Waals surface area (Å²) in [4.78, 5) is 0. The lowest BCUT2D eigenvalue weighted by Gasteiger charge is -2.27. The normalized spacial score (nSPS) is 13.7. The molecule has 2 aromatic carbocycles. The Morgan fingerprint density at radius 3 is 1.65 bits per heavy atom. The molecule has 0 spiro atoms. The lowest BCUT2D eigenvalue weighted by molar-refractivity contribution is 0.568. The second-order valence-corrected chi connectivity index (χ2v) is 8.58. The summed E-state index contributed by atoms with van der Waals surface area (Å²) in [6.07, 6.45) is 0. The molecule has 1 N–H and O–H groups in total. The van der Waals surface area contributed by atoms with Gasteiger partial charge in [-0.15, -0.1) is 0 Å². The van der Waals surface area contributed by atoms with Gasteiger partial charge in [0.15, 0.2) is 0 Å². The van der Waals surface area contributed by atoms with E-state index in [2.05, 4.69) is 102 Å². The van der Waals surface area contributed by atoms with Crippen molar-refractivity contribution in [1.82, 2.24) is 0 Å². The van der Waals surface area contributed by atoms with Crippen LogP contribution in [0.5, 0.6) is 0 Å². The Kier molecular flexibility index (Phi) is 4.89. The predicted octanol–water partition coefficient (Wildman–Crippen LogP) is 6.45. The molecule has 2 aromatic rings. The Morgan fingerprint density at radius 2 is 1.22 bits per heavy atom. The topological polar surface area (TPSA) is 12.0 Å². The maximum Gasteiger partial charge on any atom is 0.0485 e. The number of nitrogens with one attached hydrogen (secondary N) is 1. The Labute approximate surface area is 142 Å². The predicted molar refractivity (Wildman–Crippen MR) is 102 cm³/mol. The molecule has 0 unspecified atom stereocenters. The van der Waals surface area contributed by atoms with Crippen LogP contribution >= 0.6 is 0 Å². The van der Waals surface area contributed by atoms with Crippen molar-refractivity contribution in [1.29, 1.82) is 0 Å². The molecular weight excluding hydrogens is 278 g/mol. The smallest absolute Gasteiger partial charge is 0.0485 e. The highest BCUT2D eigenvalue weighted by Crippen LogP contribution is 2.33. The van der Waals surface area contributed by atoms with Gasteiger partial charge in [-0.2, -0.15) is 0 Å². The minimum Gasteiger partial charge on any atom is -0.379 e. The first-order valence-electron chi connectivity index (χ1n) is 8.55. The van der Waals surface area contributed by atoms with Gasteiger partial charge < -0.3 is 5.32 Å². The highest BCUT2D eigenvalue weighted by molar-refractivity contribution is 5.53. The molecule has 0 fully saturated rings. The van der Waals surface area contributed by atoms with E-state index in [1.54, 1.807) is 0 Å². The van der Waals surface area contributed by atoms with Gasteiger partial charge >= 0.3 is 0 Å². The third kappa shape index (κ3) is 4.60. The van der Waals surface area contributed by atoms with Crippen molar-refractivity contribution in [2.45, 2.75) is 65.3 Å². The van der Waals surface area contributed by atoms with Crippen LogP contribution in [0.4, 0.5) is 5.69 Å². The molecule has 0 aromatic heterocycles. The van der Waals surface area contributed by atoms with Crippen LogP contribution in [0, 0.1) is 0 Å². The Morgan fingerprint density at radius 1 is 0.739 bits per heavy atom. The van der Waals surface area contributed by atoms with E-state index < -0.39 is 0 Å². The maximum absolute atomic E-state index is 3.68. The third-order valence-corrected chi connectivity index (χ3v) is 4.35. The average molecular weight is 309 g/mol. The third-order valence-electron chi connectivity index (χ3n) is 4.35. The SMILES string of the molecule is C[C@H](Nc1cc(C(C)(C)C)cc(C(C)(C)C)c1)c1ccccc1. The van der Waals surface area contributed by atoms with Crippen LogP contribution in [0.3, 0.4) is 0 Å². The first kappa shape index (κ1) is 17.6. The van der Waals surface area contributed by atoms with Gasteiger partial charge in [-0.25, -0.2) is 0 Å². The molecule has 1 nitrogen and oxygen atoms in total. The molecule has 0 amide bonds. The van der Waals surface area contributed by atoms with Crippen molar-refractivity contribution in [2.75, 3.05) is 5.32 Å². The minimum atomic E-state index is 0.147. The second-order valence-electron chi connectivity index (χ2n) is 8.58.